The van der Waals surface area contributed by atoms with Gasteiger partial charge in [0, 0.05) is 31.7 Å². The molecule has 0 aromatic heterocycles. The van der Waals surface area contributed by atoms with Crippen molar-refractivity contribution in [3.63, 3.8) is 0 Å². The van der Waals surface area contributed by atoms with Gasteiger partial charge < -0.3 is 14.5 Å². The Kier molecular flexibility index (Phi) is 6.42. The molecule has 0 atom stereocenters. The number of hydrogen-bond donors (Lipinski definition) is 0. The molecule has 3 rings (SSSR count). The minimum Gasteiger partial charge on any atom is -0.489 e. The first-order chi connectivity index (χ1) is 12.2. The fraction of sp³-hybridized carbons (Fsp3) is 0.429. The summed E-state index contributed by atoms with van der Waals surface area (Å²) in [6.45, 7) is 6.01. The van der Waals surface area contributed by atoms with E-state index in [9.17, 15) is 4.39 Å². The summed E-state index contributed by atoms with van der Waals surface area (Å²) < 4.78 is 19.6. The van der Waals surface area contributed by atoms with Crippen molar-refractivity contribution >= 4 is 0 Å². The van der Waals surface area contributed by atoms with E-state index in [1.807, 2.05) is 24.3 Å². The lowest BCUT2D eigenvalue weighted by Crippen LogP contribution is -2.44. The fourth-order valence-electron chi connectivity index (χ4n) is 3.19. The topological polar surface area (TPSA) is 15.7 Å². The van der Waals surface area contributed by atoms with Gasteiger partial charge in [-0.3, -0.25) is 0 Å². The molecule has 0 spiro atoms. The molecule has 1 aliphatic heterocycles. The van der Waals surface area contributed by atoms with Crippen molar-refractivity contribution in [1.82, 2.24) is 9.80 Å². The number of nitrogens with zero attached hydrogens (tertiary/aromatic N) is 2. The SMILES string of the molecule is CN1CCN(CCCc2ccccc2OCc2ccccc2F)CC1. The van der Waals surface area contributed by atoms with Gasteiger partial charge in [-0.2, -0.15) is 0 Å². The van der Waals surface area contributed by atoms with Crippen LogP contribution in [0.3, 0.4) is 0 Å². The zero-order valence-corrected chi connectivity index (χ0v) is 15.0. The third-order valence-corrected chi connectivity index (χ3v) is 4.83. The first-order valence-corrected chi connectivity index (χ1v) is 9.07. The van der Waals surface area contributed by atoms with Crippen LogP contribution in [0.2, 0.25) is 0 Å². The predicted molar refractivity (Wildman–Crippen MR) is 99.4 cm³/mol. The monoisotopic (exact) mass is 342 g/mol. The molecule has 2 aromatic carbocycles. The van der Waals surface area contributed by atoms with E-state index >= 15 is 0 Å². The molecular formula is C21H27FN2O. The predicted octanol–water partition coefficient (Wildman–Crippen LogP) is 3.58. The maximum Gasteiger partial charge on any atom is 0.129 e. The Morgan fingerprint density at radius 2 is 1.60 bits per heavy atom. The summed E-state index contributed by atoms with van der Waals surface area (Å²) in [7, 11) is 2.18. The average Bonchev–Trinajstić information content (AvgIpc) is 2.64. The van der Waals surface area contributed by atoms with Crippen molar-refractivity contribution in [2.24, 2.45) is 0 Å². The molecule has 0 amide bonds. The number of halogens is 1. The molecule has 1 aliphatic rings. The molecule has 4 heteroatoms. The molecule has 25 heavy (non-hydrogen) atoms. The summed E-state index contributed by atoms with van der Waals surface area (Å²) in [4.78, 5) is 4.91. The van der Waals surface area contributed by atoms with Crippen molar-refractivity contribution in [2.45, 2.75) is 19.4 Å². The van der Waals surface area contributed by atoms with Crippen LogP contribution in [0.4, 0.5) is 4.39 Å². The number of benzene rings is 2. The molecular weight excluding hydrogens is 315 g/mol. The lowest BCUT2D eigenvalue weighted by atomic mass is 10.1. The molecule has 0 bridgehead atoms. The zero-order chi connectivity index (χ0) is 17.5. The summed E-state index contributed by atoms with van der Waals surface area (Å²) in [5.74, 6) is 0.652. The zero-order valence-electron chi connectivity index (χ0n) is 15.0. The highest BCUT2D eigenvalue weighted by molar-refractivity contribution is 5.33. The number of rotatable bonds is 7. The van der Waals surface area contributed by atoms with Gasteiger partial charge in [-0.25, -0.2) is 4.39 Å². The Balaban J connectivity index is 1.51. The van der Waals surface area contributed by atoms with E-state index in [2.05, 4.69) is 22.9 Å². The third kappa shape index (κ3) is 5.28. The molecule has 0 unspecified atom stereocenters. The molecule has 3 nitrogen and oxygen atoms in total. The molecule has 0 aliphatic carbocycles. The number of aryl methyl sites for hydroxylation is 1. The third-order valence-electron chi connectivity index (χ3n) is 4.83. The highest BCUT2D eigenvalue weighted by Crippen LogP contribution is 2.21. The number of para-hydroxylation sites is 1. The van der Waals surface area contributed by atoms with E-state index < -0.39 is 0 Å². The smallest absolute Gasteiger partial charge is 0.129 e. The Bertz CT molecular complexity index is 668. The van der Waals surface area contributed by atoms with Crippen molar-refractivity contribution in [3.05, 3.63) is 65.5 Å². The van der Waals surface area contributed by atoms with Crippen LogP contribution in [0.1, 0.15) is 17.5 Å². The maximum atomic E-state index is 13.7. The number of hydrogen-bond acceptors (Lipinski definition) is 3. The number of piperazine rings is 1. The lowest BCUT2D eigenvalue weighted by Gasteiger charge is -2.32. The normalized spacial score (nSPS) is 16.1. The van der Waals surface area contributed by atoms with Crippen LogP contribution in [-0.2, 0) is 13.0 Å². The highest BCUT2D eigenvalue weighted by Gasteiger charge is 2.13. The Morgan fingerprint density at radius 1 is 0.920 bits per heavy atom. The molecule has 0 N–H and O–H groups in total. The van der Waals surface area contributed by atoms with Crippen LogP contribution in [0.25, 0.3) is 0 Å². The number of likely N-dealkylation sites (N-methyl/N-ethyl adjacent to an activating group) is 1. The highest BCUT2D eigenvalue weighted by atomic mass is 19.1. The van der Waals surface area contributed by atoms with E-state index in [4.69, 9.17) is 4.74 Å². The van der Waals surface area contributed by atoms with Gasteiger partial charge in [0.15, 0.2) is 0 Å². The van der Waals surface area contributed by atoms with Gasteiger partial charge in [0.25, 0.3) is 0 Å². The van der Waals surface area contributed by atoms with Gasteiger partial charge in [0.05, 0.1) is 0 Å². The average molecular weight is 342 g/mol. The van der Waals surface area contributed by atoms with Crippen LogP contribution in [0.15, 0.2) is 48.5 Å². The molecule has 2 aromatic rings. The van der Waals surface area contributed by atoms with E-state index in [0.29, 0.717) is 5.56 Å². The second-order valence-corrected chi connectivity index (χ2v) is 6.74. The Labute approximate surface area is 150 Å². The minimum atomic E-state index is -0.213. The first-order valence-electron chi connectivity index (χ1n) is 9.07. The molecule has 1 saturated heterocycles. The van der Waals surface area contributed by atoms with Gasteiger partial charge in [0.2, 0.25) is 0 Å². The van der Waals surface area contributed by atoms with Crippen LogP contribution in [-0.4, -0.2) is 49.6 Å². The summed E-state index contributed by atoms with van der Waals surface area (Å²) in [5, 5.41) is 0. The number of ether oxygens (including phenoxy) is 1. The van der Waals surface area contributed by atoms with Gasteiger partial charge in [-0.05, 0) is 44.1 Å². The Hall–Kier alpha value is -1.91. The fourth-order valence-corrected chi connectivity index (χ4v) is 3.19. The second kappa shape index (κ2) is 8.97. The summed E-state index contributed by atoms with van der Waals surface area (Å²) in [6, 6.07) is 14.9. The van der Waals surface area contributed by atoms with Crippen LogP contribution >= 0.6 is 0 Å². The van der Waals surface area contributed by atoms with Gasteiger partial charge in [0.1, 0.15) is 18.2 Å². The van der Waals surface area contributed by atoms with Crippen LogP contribution in [0, 0.1) is 5.82 Å². The summed E-state index contributed by atoms with van der Waals surface area (Å²) in [6.07, 6.45) is 2.10. The lowest BCUT2D eigenvalue weighted by molar-refractivity contribution is 0.153. The summed E-state index contributed by atoms with van der Waals surface area (Å²) >= 11 is 0. The van der Waals surface area contributed by atoms with E-state index in [1.54, 1.807) is 12.1 Å². The van der Waals surface area contributed by atoms with Crippen LogP contribution < -0.4 is 4.74 Å². The quantitative estimate of drug-likeness (QED) is 0.765. The van der Waals surface area contributed by atoms with E-state index in [0.717, 1.165) is 51.3 Å². The largest absolute Gasteiger partial charge is 0.489 e. The standard InChI is InChI=1S/C21H27FN2O/c1-23-13-15-24(16-14-23)12-6-9-18-7-3-5-11-21(18)25-17-19-8-2-4-10-20(19)22/h2-5,7-8,10-11H,6,9,12-17H2,1H3. The molecule has 0 radical (unpaired) electrons. The molecule has 0 saturated carbocycles. The molecule has 134 valence electrons. The minimum absolute atomic E-state index is 0.213. The van der Waals surface area contributed by atoms with Crippen molar-refractivity contribution in [2.75, 3.05) is 39.8 Å². The van der Waals surface area contributed by atoms with Crippen molar-refractivity contribution in [3.8, 4) is 5.75 Å². The van der Waals surface area contributed by atoms with E-state index in [1.165, 1.54) is 11.6 Å². The van der Waals surface area contributed by atoms with E-state index in [-0.39, 0.29) is 12.4 Å². The molecule has 1 heterocycles. The summed E-state index contributed by atoms with van der Waals surface area (Å²) in [5.41, 5.74) is 1.79. The van der Waals surface area contributed by atoms with Gasteiger partial charge in [-0.15, -0.1) is 0 Å². The molecule has 1 fully saturated rings. The second-order valence-electron chi connectivity index (χ2n) is 6.74. The van der Waals surface area contributed by atoms with Crippen LogP contribution in [0.5, 0.6) is 5.75 Å². The van der Waals surface area contributed by atoms with Gasteiger partial charge in [-0.1, -0.05) is 36.4 Å². The van der Waals surface area contributed by atoms with Crippen molar-refractivity contribution < 1.29 is 9.13 Å². The first kappa shape index (κ1) is 17.9. The maximum absolute atomic E-state index is 13.7. The Morgan fingerprint density at radius 3 is 2.36 bits per heavy atom. The van der Waals surface area contributed by atoms with Gasteiger partial charge >= 0.3 is 0 Å². The van der Waals surface area contributed by atoms with Crippen molar-refractivity contribution in [1.29, 1.82) is 0 Å².